The van der Waals surface area contributed by atoms with Gasteiger partial charge in [0, 0.05) is 116 Å². The van der Waals surface area contributed by atoms with Crippen molar-refractivity contribution in [2.75, 3.05) is 12.5 Å². The molecule has 0 saturated heterocycles. The minimum absolute atomic E-state index is 0.0589. The molecule has 0 N–H and O–H groups in total. The van der Waals surface area contributed by atoms with Crippen LogP contribution in [0, 0.1) is 64.0 Å². The lowest BCUT2D eigenvalue weighted by Gasteiger charge is -2.14. The van der Waals surface area contributed by atoms with E-state index in [1.807, 2.05) is 60.7 Å². The summed E-state index contributed by atoms with van der Waals surface area (Å²) in [6.07, 6.45) is -12.1. The van der Waals surface area contributed by atoms with Gasteiger partial charge in [-0.25, -0.2) is 65.1 Å². The number of alkyl halides is 9. The maximum absolute atomic E-state index is 13.9. The molecule has 15 aromatic rings. The number of rotatable bonds is 17. The van der Waals surface area contributed by atoms with E-state index in [-0.39, 0.29) is 46.8 Å². The molecule has 0 heterocycles. The van der Waals surface area contributed by atoms with Gasteiger partial charge in [-0.1, -0.05) is 84.9 Å². The molecule has 0 aliphatic rings. The van der Waals surface area contributed by atoms with Crippen LogP contribution in [0.25, 0.3) is 0 Å². The summed E-state index contributed by atoms with van der Waals surface area (Å²) in [5, 5.41) is 0. The first-order chi connectivity index (χ1) is 59.6. The Kier molecular flexibility index (Phi) is 31.6. The molecule has 4 nitrogen and oxygen atoms in total. The zero-order chi connectivity index (χ0) is 91.0. The molecule has 0 spiro atoms. The Labute approximate surface area is 726 Å². The highest BCUT2D eigenvalue weighted by atomic mass is 32.2. The third kappa shape index (κ3) is 26.3. The van der Waals surface area contributed by atoms with Crippen LogP contribution in [0.2, 0.25) is 0 Å². The van der Waals surface area contributed by atoms with Gasteiger partial charge in [0.25, 0.3) is 0 Å². The lowest BCUT2D eigenvalue weighted by atomic mass is 10.2. The topological polar surface area (TPSA) is 68.3 Å². The molecule has 0 atom stereocenters. The fourth-order valence-electron chi connectivity index (χ4n) is 12.1. The summed E-state index contributed by atoms with van der Waals surface area (Å²) in [6, 6.07) is 83.6. The number of halogens is 20. The van der Waals surface area contributed by atoms with E-state index in [0.29, 0.717) is 29.4 Å². The quantitative estimate of drug-likeness (QED) is 0.0673. The minimum atomic E-state index is -4.73. The van der Waals surface area contributed by atoms with Crippen molar-refractivity contribution in [1.82, 2.24) is 0 Å². The van der Waals surface area contributed by atoms with Crippen molar-refractivity contribution in [3.8, 4) is 0 Å². The van der Waals surface area contributed by atoms with Crippen LogP contribution in [0.5, 0.6) is 0 Å². The molecular weight excluding hydrogens is 1810 g/mol. The van der Waals surface area contributed by atoms with Crippen LogP contribution in [-0.4, -0.2) is 29.3 Å². The van der Waals surface area contributed by atoms with Crippen LogP contribution in [0.1, 0.15) is 16.7 Å². The summed E-state index contributed by atoms with van der Waals surface area (Å²) < 4.78 is 315. The molecule has 0 aromatic heterocycles. The molecule has 126 heavy (non-hydrogen) atoms. The fraction of sp³-hybridized carbons (Fsp3) is 0.0526. The Morgan fingerprint density at radius 1 is 0.175 bits per heavy atom. The SMILES string of the molecule is CS(=O)(=O)c1cccc([S+](c2cc(F)cc(F)c2)c2cccc(S(C)(=O)=O)c2)c1.FC(F)(F)c1cccc([S+](c2cccc(C(F)(F)F)c2)c2cccc(C(F)(F)F)c2)c1.Fc1cc(F)cc([S+](c2ccccc2)c2cc(F)cc(F)c2)c1.Fc1cc(F)cc([S+](c2ccccc2)c2ccccc2)c1.Fc1ccc([S+](c2ccc(F)cc2)c2ccc(F)cc2)cc1. The summed E-state index contributed by atoms with van der Waals surface area (Å²) >= 11 is 0. The molecule has 15 rings (SSSR count). The molecule has 0 fully saturated rings. The molecule has 646 valence electrons. The van der Waals surface area contributed by atoms with Crippen molar-refractivity contribution < 1.29 is 105 Å². The summed E-state index contributed by atoms with van der Waals surface area (Å²) in [4.78, 5) is 7.90. The number of benzene rings is 15. The predicted molar refractivity (Wildman–Crippen MR) is 448 cm³/mol. The molecular formula is C95H65F20O4S7+5. The summed E-state index contributed by atoms with van der Waals surface area (Å²) in [6.45, 7) is 0. The van der Waals surface area contributed by atoms with Crippen molar-refractivity contribution in [3.63, 3.8) is 0 Å². The van der Waals surface area contributed by atoms with E-state index in [4.69, 9.17) is 0 Å². The third-order valence-corrected chi connectivity index (χ3v) is 30.6. The second kappa shape index (κ2) is 41.8. The zero-order valence-corrected chi connectivity index (χ0v) is 70.8. The summed E-state index contributed by atoms with van der Waals surface area (Å²) in [5.41, 5.74) is -3.16. The van der Waals surface area contributed by atoms with Gasteiger partial charge >= 0.3 is 18.5 Å². The van der Waals surface area contributed by atoms with Gasteiger partial charge < -0.3 is 0 Å². The fourth-order valence-corrected chi connectivity index (χ4v) is 24.3. The van der Waals surface area contributed by atoms with Gasteiger partial charge in [0.2, 0.25) is 0 Å². The number of hydrogen-bond acceptors (Lipinski definition) is 4. The van der Waals surface area contributed by atoms with E-state index >= 15 is 0 Å². The largest absolute Gasteiger partial charge is 0.416 e. The highest BCUT2D eigenvalue weighted by molar-refractivity contribution is 7.98. The Hall–Kier alpha value is -11.5. The van der Waals surface area contributed by atoms with E-state index in [0.717, 1.165) is 128 Å². The molecule has 0 radical (unpaired) electrons. The molecule has 0 amide bonds. The van der Waals surface area contributed by atoms with Gasteiger partial charge in [0.05, 0.1) is 81.0 Å². The highest BCUT2D eigenvalue weighted by Gasteiger charge is 2.41. The Morgan fingerprint density at radius 2 is 0.349 bits per heavy atom. The van der Waals surface area contributed by atoms with Crippen molar-refractivity contribution in [1.29, 1.82) is 0 Å². The van der Waals surface area contributed by atoms with Gasteiger partial charge in [-0.2, -0.15) is 39.5 Å². The summed E-state index contributed by atoms with van der Waals surface area (Å²) in [5.74, 6) is -6.52. The molecule has 31 heteroatoms. The van der Waals surface area contributed by atoms with Crippen LogP contribution in [0.3, 0.4) is 0 Å². The second-order valence-electron chi connectivity index (χ2n) is 26.8. The molecule has 0 saturated carbocycles. The molecule has 15 aromatic carbocycles. The highest BCUT2D eigenvalue weighted by Crippen LogP contribution is 2.43. The summed E-state index contributed by atoms with van der Waals surface area (Å²) in [7, 11) is -11.9. The minimum Gasteiger partial charge on any atom is -0.224 e. The van der Waals surface area contributed by atoms with Crippen LogP contribution in [0.15, 0.2) is 441 Å². The van der Waals surface area contributed by atoms with E-state index in [2.05, 4.69) is 0 Å². The zero-order valence-electron chi connectivity index (χ0n) is 65.1. The van der Waals surface area contributed by atoms with Crippen molar-refractivity contribution >= 4 is 74.1 Å². The average molecular weight is 1870 g/mol. The van der Waals surface area contributed by atoms with E-state index in [9.17, 15) is 105 Å². The van der Waals surface area contributed by atoms with E-state index in [1.54, 1.807) is 91.0 Å². The third-order valence-electron chi connectivity index (χ3n) is 17.5. The van der Waals surface area contributed by atoms with Gasteiger partial charge in [-0.3, -0.25) is 0 Å². The Morgan fingerprint density at radius 3 is 0.571 bits per heavy atom. The number of sulfone groups is 2. The maximum Gasteiger partial charge on any atom is 0.416 e. The Bertz CT molecular complexity index is 5990. The monoisotopic (exact) mass is 1870 g/mol. The first-order valence-electron chi connectivity index (χ1n) is 36.7. The van der Waals surface area contributed by atoms with Crippen LogP contribution in [0.4, 0.5) is 87.8 Å². The van der Waals surface area contributed by atoms with E-state index in [1.165, 1.54) is 115 Å². The smallest absolute Gasteiger partial charge is 0.224 e. The lowest BCUT2D eigenvalue weighted by Crippen LogP contribution is -2.12. The number of hydrogen-bond donors (Lipinski definition) is 0. The van der Waals surface area contributed by atoms with E-state index < -0.39 is 156 Å². The predicted octanol–water partition coefficient (Wildman–Crippen LogP) is 27.3. The Balaban J connectivity index is 0.000000154. The van der Waals surface area contributed by atoms with Crippen LogP contribution in [-0.2, 0) is 92.7 Å². The van der Waals surface area contributed by atoms with Crippen LogP contribution >= 0.6 is 0 Å². The standard InChI is InChI=1S/C21H12F9S.C20H17F2O4S3.C18H11F4S.C18H12F3S.C18H13F2S/c22-19(23,24)13-4-1-7-16(10-13)31(17-8-2-5-14(11-17)20(25,26)27)18-9-3-6-15(12-18)21(28,29)30;1-28(23,24)19-7-3-5-16(12-19)27(18-10-14(21)9-15(22)11-18)17-6-4-8-20(13-17)29(2,25)26;19-12-6-13(20)9-17(8-12)23(16-4-2-1-3-5-16)18-10-14(21)7-15(22)11-18;19-13-1-7-16(8-2-13)22(17-9-3-14(20)4-10-17)18-11-5-15(21)6-12-18;19-14-11-15(20)13-18(12-14)21(16-7-3-1-4-8-16)17-9-5-2-6-10-17/h1-12H;3-13H,1-2H3;1-11H;1-12H;1-13H/q5*+1. The molecule has 0 unspecified atom stereocenters. The normalized spacial score (nSPS) is 11.7. The molecule has 0 aliphatic carbocycles. The first-order valence-corrected chi connectivity index (χ1v) is 46.6. The second-order valence-corrected chi connectivity index (χ2v) is 41.0. The molecule has 0 bridgehead atoms. The first kappa shape index (κ1) is 95.2. The van der Waals surface area contributed by atoms with Crippen molar-refractivity contribution in [2.24, 2.45) is 0 Å². The average Bonchev–Trinajstić information content (AvgIpc) is 0.790. The van der Waals surface area contributed by atoms with Crippen molar-refractivity contribution in [2.45, 2.75) is 102 Å². The maximum atomic E-state index is 13.9. The molecule has 0 aliphatic heterocycles. The van der Waals surface area contributed by atoms with Crippen molar-refractivity contribution in [3.05, 3.63) is 439 Å². The van der Waals surface area contributed by atoms with Crippen LogP contribution < -0.4 is 0 Å². The van der Waals surface area contributed by atoms with Gasteiger partial charge in [0.15, 0.2) is 93.1 Å². The van der Waals surface area contributed by atoms with Gasteiger partial charge in [-0.15, -0.1) is 0 Å². The lowest BCUT2D eigenvalue weighted by molar-refractivity contribution is -0.138. The van der Waals surface area contributed by atoms with Gasteiger partial charge in [-0.05, 0) is 170 Å². The van der Waals surface area contributed by atoms with Gasteiger partial charge in [0.1, 0.15) is 64.0 Å².